The molecule has 1 aliphatic rings. The number of rotatable bonds is 2. The maximum absolute atomic E-state index is 13.6. The van der Waals surface area contributed by atoms with Crippen LogP contribution in [0.4, 0.5) is 10.1 Å². The van der Waals surface area contributed by atoms with Crippen molar-refractivity contribution in [1.82, 2.24) is 5.32 Å². The highest BCUT2D eigenvalue weighted by Gasteiger charge is 2.21. The number of halogens is 2. The minimum atomic E-state index is -0.578. The Labute approximate surface area is 104 Å². The van der Waals surface area contributed by atoms with Crippen molar-refractivity contribution in [3.63, 3.8) is 0 Å². The molecule has 0 saturated carbocycles. The van der Waals surface area contributed by atoms with Gasteiger partial charge in [0.05, 0.1) is 16.6 Å². The number of nitrogens with one attached hydrogen (secondary N) is 2. The summed E-state index contributed by atoms with van der Waals surface area (Å²) in [5.41, 5.74) is 0.146. The van der Waals surface area contributed by atoms with E-state index in [1.165, 1.54) is 12.1 Å². The third-order valence-corrected chi connectivity index (χ3v) is 3.17. The number of carbonyl (C=O) groups excluding carboxylic acids is 1. The summed E-state index contributed by atoms with van der Waals surface area (Å²) >= 11 is 5.64. The van der Waals surface area contributed by atoms with Crippen molar-refractivity contribution in [2.75, 3.05) is 18.4 Å². The van der Waals surface area contributed by atoms with E-state index in [1.807, 2.05) is 0 Å². The van der Waals surface area contributed by atoms with E-state index in [1.54, 1.807) is 6.07 Å². The summed E-state index contributed by atoms with van der Waals surface area (Å²) in [6, 6.07) is 4.57. The fraction of sp³-hybridized carbons (Fsp3) is 0.417. The zero-order valence-corrected chi connectivity index (χ0v) is 10.1. The third kappa shape index (κ3) is 2.96. The van der Waals surface area contributed by atoms with Crippen LogP contribution in [-0.2, 0) is 4.79 Å². The van der Waals surface area contributed by atoms with E-state index in [-0.39, 0.29) is 22.5 Å². The zero-order chi connectivity index (χ0) is 12.3. The van der Waals surface area contributed by atoms with Gasteiger partial charge in [0.25, 0.3) is 0 Å². The van der Waals surface area contributed by atoms with Gasteiger partial charge in [-0.05, 0) is 31.5 Å². The number of piperidine rings is 1. The fourth-order valence-electron chi connectivity index (χ4n) is 1.91. The Hall–Kier alpha value is -1.13. The molecular weight excluding hydrogens is 243 g/mol. The minimum Gasteiger partial charge on any atom is -0.323 e. The van der Waals surface area contributed by atoms with Crippen molar-refractivity contribution in [3.8, 4) is 0 Å². The number of anilines is 1. The standard InChI is InChI=1S/C12H14ClFN2O/c13-9-4-1-5-10(11(9)14)16-12(17)8-3-2-6-15-7-8/h1,4-5,8,15H,2-3,6-7H2,(H,16,17)/t8-/m1/s1. The summed E-state index contributed by atoms with van der Waals surface area (Å²) in [6.45, 7) is 1.59. The van der Waals surface area contributed by atoms with E-state index in [9.17, 15) is 9.18 Å². The summed E-state index contributed by atoms with van der Waals surface area (Å²) in [7, 11) is 0. The largest absolute Gasteiger partial charge is 0.323 e. The lowest BCUT2D eigenvalue weighted by Crippen LogP contribution is -2.37. The van der Waals surface area contributed by atoms with Crippen LogP contribution in [0.15, 0.2) is 18.2 Å². The monoisotopic (exact) mass is 256 g/mol. The van der Waals surface area contributed by atoms with Crippen LogP contribution in [0.5, 0.6) is 0 Å². The predicted octanol–water partition coefficient (Wildman–Crippen LogP) is 2.42. The van der Waals surface area contributed by atoms with Gasteiger partial charge in [0, 0.05) is 6.54 Å². The first-order valence-electron chi connectivity index (χ1n) is 5.64. The highest BCUT2D eigenvalue weighted by molar-refractivity contribution is 6.31. The lowest BCUT2D eigenvalue weighted by Gasteiger charge is -2.22. The summed E-state index contributed by atoms with van der Waals surface area (Å²) in [5.74, 6) is -0.827. The molecule has 92 valence electrons. The first-order valence-corrected chi connectivity index (χ1v) is 6.02. The second-order valence-electron chi connectivity index (χ2n) is 4.13. The van der Waals surface area contributed by atoms with E-state index in [0.29, 0.717) is 6.54 Å². The molecule has 17 heavy (non-hydrogen) atoms. The molecule has 1 fully saturated rings. The molecule has 2 N–H and O–H groups in total. The molecule has 1 saturated heterocycles. The van der Waals surface area contributed by atoms with Crippen LogP contribution in [-0.4, -0.2) is 19.0 Å². The quantitative estimate of drug-likeness (QED) is 0.853. The van der Waals surface area contributed by atoms with Crippen molar-refractivity contribution >= 4 is 23.2 Å². The van der Waals surface area contributed by atoms with Crippen LogP contribution in [0.2, 0.25) is 5.02 Å². The van der Waals surface area contributed by atoms with Gasteiger partial charge in [-0.25, -0.2) is 4.39 Å². The zero-order valence-electron chi connectivity index (χ0n) is 9.30. The molecule has 1 aromatic carbocycles. The number of carbonyl (C=O) groups is 1. The van der Waals surface area contributed by atoms with Crippen LogP contribution in [0.25, 0.3) is 0 Å². The van der Waals surface area contributed by atoms with Gasteiger partial charge in [0.15, 0.2) is 5.82 Å². The van der Waals surface area contributed by atoms with Gasteiger partial charge < -0.3 is 10.6 Å². The van der Waals surface area contributed by atoms with E-state index in [4.69, 9.17) is 11.6 Å². The lowest BCUT2D eigenvalue weighted by atomic mass is 9.99. The molecule has 0 aliphatic carbocycles. The Balaban J connectivity index is 2.04. The van der Waals surface area contributed by atoms with Gasteiger partial charge in [-0.15, -0.1) is 0 Å². The Bertz CT molecular complexity index is 419. The van der Waals surface area contributed by atoms with Gasteiger partial charge >= 0.3 is 0 Å². The summed E-state index contributed by atoms with van der Waals surface area (Å²) in [4.78, 5) is 11.9. The number of benzene rings is 1. The average Bonchev–Trinajstić information content (AvgIpc) is 2.36. The third-order valence-electron chi connectivity index (χ3n) is 2.88. The molecule has 0 radical (unpaired) electrons. The molecule has 1 amide bonds. The summed E-state index contributed by atoms with van der Waals surface area (Å²) < 4.78 is 13.6. The number of amides is 1. The first kappa shape index (κ1) is 12.3. The van der Waals surface area contributed by atoms with E-state index < -0.39 is 5.82 Å². The maximum Gasteiger partial charge on any atom is 0.228 e. The number of hydrogen-bond donors (Lipinski definition) is 2. The Kier molecular flexibility index (Phi) is 3.97. The second kappa shape index (κ2) is 5.47. The van der Waals surface area contributed by atoms with Gasteiger partial charge in [-0.3, -0.25) is 4.79 Å². The summed E-state index contributed by atoms with van der Waals surface area (Å²) in [6.07, 6.45) is 1.80. The molecular formula is C12H14ClFN2O. The fourth-order valence-corrected chi connectivity index (χ4v) is 2.09. The molecule has 0 spiro atoms. The Morgan fingerprint density at radius 1 is 1.53 bits per heavy atom. The predicted molar refractivity (Wildman–Crippen MR) is 65.6 cm³/mol. The number of hydrogen-bond acceptors (Lipinski definition) is 2. The van der Waals surface area contributed by atoms with Crippen molar-refractivity contribution in [2.45, 2.75) is 12.8 Å². The van der Waals surface area contributed by atoms with Crippen molar-refractivity contribution in [3.05, 3.63) is 29.0 Å². The molecule has 5 heteroatoms. The lowest BCUT2D eigenvalue weighted by molar-refractivity contribution is -0.120. The Morgan fingerprint density at radius 2 is 2.35 bits per heavy atom. The summed E-state index contributed by atoms with van der Waals surface area (Å²) in [5, 5.41) is 5.75. The van der Waals surface area contributed by atoms with Gasteiger partial charge in [-0.2, -0.15) is 0 Å². The molecule has 0 aromatic heterocycles. The van der Waals surface area contributed by atoms with E-state index >= 15 is 0 Å². The molecule has 3 nitrogen and oxygen atoms in total. The molecule has 0 bridgehead atoms. The van der Waals surface area contributed by atoms with Crippen molar-refractivity contribution in [1.29, 1.82) is 0 Å². The van der Waals surface area contributed by atoms with Crippen LogP contribution in [0, 0.1) is 11.7 Å². The highest BCUT2D eigenvalue weighted by Crippen LogP contribution is 2.23. The normalized spacial score (nSPS) is 20.0. The van der Waals surface area contributed by atoms with Crippen LogP contribution >= 0.6 is 11.6 Å². The average molecular weight is 257 g/mol. The first-order chi connectivity index (χ1) is 8.18. The highest BCUT2D eigenvalue weighted by atomic mass is 35.5. The second-order valence-corrected chi connectivity index (χ2v) is 4.54. The van der Waals surface area contributed by atoms with Crippen molar-refractivity contribution < 1.29 is 9.18 Å². The van der Waals surface area contributed by atoms with E-state index in [0.717, 1.165) is 19.4 Å². The van der Waals surface area contributed by atoms with Gasteiger partial charge in [0.2, 0.25) is 5.91 Å². The molecule has 1 heterocycles. The van der Waals surface area contributed by atoms with Crippen LogP contribution < -0.4 is 10.6 Å². The minimum absolute atomic E-state index is 0.0181. The smallest absolute Gasteiger partial charge is 0.228 e. The maximum atomic E-state index is 13.6. The molecule has 2 rings (SSSR count). The van der Waals surface area contributed by atoms with E-state index in [2.05, 4.69) is 10.6 Å². The molecule has 0 unspecified atom stereocenters. The SMILES string of the molecule is O=C(Nc1cccc(Cl)c1F)[C@@H]1CCCNC1. The van der Waals surface area contributed by atoms with Gasteiger partial charge in [0.1, 0.15) is 0 Å². The Morgan fingerprint density at radius 3 is 3.06 bits per heavy atom. The van der Waals surface area contributed by atoms with Crippen LogP contribution in [0.1, 0.15) is 12.8 Å². The topological polar surface area (TPSA) is 41.1 Å². The van der Waals surface area contributed by atoms with Crippen molar-refractivity contribution in [2.24, 2.45) is 5.92 Å². The van der Waals surface area contributed by atoms with Gasteiger partial charge in [-0.1, -0.05) is 17.7 Å². The molecule has 1 atom stereocenters. The molecule has 1 aromatic rings. The molecule has 1 aliphatic heterocycles. The van der Waals surface area contributed by atoms with Crippen LogP contribution in [0.3, 0.4) is 0 Å².